The molecule has 148 valence electrons. The molecule has 0 aromatic carbocycles. The van der Waals surface area contributed by atoms with E-state index in [1.807, 2.05) is 12.1 Å². The number of nitrogens with zero attached hydrogens (tertiary/aromatic N) is 4. The SMILES string of the molecule is Cl.Cl.Cl.NS(=O)(=O)c1cncc(-c2ccc3nccc(-c4cn[nH]c4)c3n2)c1. The molecule has 4 heterocycles. The van der Waals surface area contributed by atoms with Crippen molar-refractivity contribution in [2.24, 2.45) is 5.14 Å². The highest BCUT2D eigenvalue weighted by atomic mass is 35.5. The second-order valence-electron chi connectivity index (χ2n) is 5.36. The van der Waals surface area contributed by atoms with Crippen molar-refractivity contribution in [2.75, 3.05) is 0 Å². The predicted molar refractivity (Wildman–Crippen MR) is 113 cm³/mol. The average molecular weight is 462 g/mol. The van der Waals surface area contributed by atoms with Crippen molar-refractivity contribution in [3.05, 3.63) is 55.2 Å². The molecular weight excluding hydrogens is 447 g/mol. The van der Waals surface area contributed by atoms with Crippen LogP contribution in [0.5, 0.6) is 0 Å². The van der Waals surface area contributed by atoms with Crippen molar-refractivity contribution in [1.82, 2.24) is 25.1 Å². The first-order valence-electron chi connectivity index (χ1n) is 7.25. The zero-order valence-electron chi connectivity index (χ0n) is 14.0. The Labute approximate surface area is 179 Å². The van der Waals surface area contributed by atoms with Gasteiger partial charge < -0.3 is 0 Å². The highest BCUT2D eigenvalue weighted by Crippen LogP contribution is 2.28. The van der Waals surface area contributed by atoms with Crippen LogP contribution in [0.4, 0.5) is 0 Å². The molecule has 0 amide bonds. The summed E-state index contributed by atoms with van der Waals surface area (Å²) >= 11 is 0. The van der Waals surface area contributed by atoms with Gasteiger partial charge in [0.25, 0.3) is 0 Å². The molecule has 3 N–H and O–H groups in total. The molecular formula is C16H15Cl3N6O2S. The number of fused-ring (bicyclic) bond motifs is 1. The van der Waals surface area contributed by atoms with Crippen molar-refractivity contribution in [1.29, 1.82) is 0 Å². The highest BCUT2D eigenvalue weighted by Gasteiger charge is 2.12. The van der Waals surface area contributed by atoms with Crippen LogP contribution in [0.3, 0.4) is 0 Å². The van der Waals surface area contributed by atoms with E-state index in [0.29, 0.717) is 16.8 Å². The van der Waals surface area contributed by atoms with Gasteiger partial charge in [-0.15, -0.1) is 37.2 Å². The lowest BCUT2D eigenvalue weighted by Gasteiger charge is -2.07. The van der Waals surface area contributed by atoms with E-state index < -0.39 is 10.0 Å². The van der Waals surface area contributed by atoms with E-state index in [1.165, 1.54) is 18.5 Å². The molecule has 4 aromatic heterocycles. The third kappa shape index (κ3) is 4.57. The van der Waals surface area contributed by atoms with Gasteiger partial charge in [0, 0.05) is 41.5 Å². The van der Waals surface area contributed by atoms with Gasteiger partial charge in [-0.05, 0) is 24.3 Å². The smallest absolute Gasteiger partial charge is 0.239 e. The van der Waals surface area contributed by atoms with E-state index in [0.717, 1.165) is 16.6 Å². The van der Waals surface area contributed by atoms with Crippen LogP contribution in [0.15, 0.2) is 60.1 Å². The van der Waals surface area contributed by atoms with Crippen molar-refractivity contribution in [3.63, 3.8) is 0 Å². The first-order valence-corrected chi connectivity index (χ1v) is 8.80. The lowest BCUT2D eigenvalue weighted by molar-refractivity contribution is 0.597. The second kappa shape index (κ2) is 9.26. The Morgan fingerprint density at radius 2 is 1.75 bits per heavy atom. The molecule has 8 nitrogen and oxygen atoms in total. The molecule has 0 aliphatic rings. The summed E-state index contributed by atoms with van der Waals surface area (Å²) in [5, 5.41) is 11.9. The van der Waals surface area contributed by atoms with Gasteiger partial charge in [0.1, 0.15) is 4.90 Å². The number of halogens is 3. The number of aromatic amines is 1. The molecule has 0 fully saturated rings. The zero-order chi connectivity index (χ0) is 17.4. The fourth-order valence-electron chi connectivity index (χ4n) is 2.53. The van der Waals surface area contributed by atoms with Crippen LogP contribution in [0.25, 0.3) is 33.4 Å². The van der Waals surface area contributed by atoms with Crippen LogP contribution < -0.4 is 5.14 Å². The van der Waals surface area contributed by atoms with Gasteiger partial charge >= 0.3 is 0 Å². The quantitative estimate of drug-likeness (QED) is 0.483. The van der Waals surface area contributed by atoms with Gasteiger partial charge in [0.2, 0.25) is 10.0 Å². The number of primary sulfonamides is 1. The van der Waals surface area contributed by atoms with Crippen LogP contribution >= 0.6 is 37.2 Å². The van der Waals surface area contributed by atoms with Gasteiger partial charge in [-0.3, -0.25) is 15.1 Å². The lowest BCUT2D eigenvalue weighted by atomic mass is 10.1. The van der Waals surface area contributed by atoms with Gasteiger partial charge in [0.05, 0.1) is 22.9 Å². The molecule has 0 saturated heterocycles. The monoisotopic (exact) mass is 460 g/mol. The van der Waals surface area contributed by atoms with Gasteiger partial charge in [-0.1, -0.05) is 0 Å². The molecule has 4 aromatic rings. The first-order chi connectivity index (χ1) is 12.0. The molecule has 0 radical (unpaired) electrons. The maximum atomic E-state index is 11.5. The summed E-state index contributed by atoms with van der Waals surface area (Å²) in [7, 11) is -3.83. The number of sulfonamides is 1. The molecule has 12 heteroatoms. The lowest BCUT2D eigenvalue weighted by Crippen LogP contribution is -2.12. The molecule has 4 rings (SSSR count). The van der Waals surface area contributed by atoms with E-state index in [1.54, 1.807) is 24.7 Å². The molecule has 0 bridgehead atoms. The number of rotatable bonds is 3. The van der Waals surface area contributed by atoms with Crippen LogP contribution in [0, 0.1) is 0 Å². The number of hydrogen-bond donors (Lipinski definition) is 2. The van der Waals surface area contributed by atoms with E-state index >= 15 is 0 Å². The third-order valence-electron chi connectivity index (χ3n) is 3.73. The molecule has 28 heavy (non-hydrogen) atoms. The minimum absolute atomic E-state index is 0. The summed E-state index contributed by atoms with van der Waals surface area (Å²) in [5.74, 6) is 0. The fraction of sp³-hybridized carbons (Fsp3) is 0. The van der Waals surface area contributed by atoms with Crippen LogP contribution in [0.1, 0.15) is 0 Å². The maximum absolute atomic E-state index is 11.5. The number of nitrogens with two attached hydrogens (primary N) is 1. The Balaban J connectivity index is 0.00000131. The van der Waals surface area contributed by atoms with E-state index in [4.69, 9.17) is 5.14 Å². The number of H-pyrrole nitrogens is 1. The summed E-state index contributed by atoms with van der Waals surface area (Å²) in [5.41, 5.74) is 4.28. The maximum Gasteiger partial charge on any atom is 0.239 e. The Kier molecular flexibility index (Phi) is 7.85. The summed E-state index contributed by atoms with van der Waals surface area (Å²) < 4.78 is 23.1. The number of hydrogen-bond acceptors (Lipinski definition) is 6. The van der Waals surface area contributed by atoms with E-state index in [-0.39, 0.29) is 42.1 Å². The summed E-state index contributed by atoms with van der Waals surface area (Å²) in [6.45, 7) is 0. The number of nitrogens with one attached hydrogen (secondary N) is 1. The normalized spacial score (nSPS) is 10.5. The van der Waals surface area contributed by atoms with Crippen molar-refractivity contribution in [3.8, 4) is 22.4 Å². The van der Waals surface area contributed by atoms with Gasteiger partial charge in [0.15, 0.2) is 0 Å². The molecule has 0 saturated carbocycles. The van der Waals surface area contributed by atoms with Crippen LogP contribution in [-0.2, 0) is 10.0 Å². The van der Waals surface area contributed by atoms with Crippen molar-refractivity contribution >= 4 is 58.3 Å². The zero-order valence-corrected chi connectivity index (χ0v) is 17.3. The number of pyridine rings is 3. The molecule has 0 unspecified atom stereocenters. The Hall–Kier alpha value is -2.30. The number of aromatic nitrogens is 5. The Morgan fingerprint density at radius 1 is 0.964 bits per heavy atom. The van der Waals surface area contributed by atoms with Crippen molar-refractivity contribution in [2.45, 2.75) is 4.90 Å². The fourth-order valence-corrected chi connectivity index (χ4v) is 3.03. The largest absolute Gasteiger partial charge is 0.285 e. The average Bonchev–Trinajstić information content (AvgIpc) is 3.14. The Morgan fingerprint density at radius 3 is 2.43 bits per heavy atom. The molecule has 0 spiro atoms. The predicted octanol–water partition coefficient (Wildman–Crippen LogP) is 2.99. The van der Waals surface area contributed by atoms with Crippen LogP contribution in [0.2, 0.25) is 0 Å². The van der Waals surface area contributed by atoms with Gasteiger partial charge in [-0.2, -0.15) is 5.10 Å². The topological polar surface area (TPSA) is 128 Å². The third-order valence-corrected chi connectivity index (χ3v) is 4.61. The second-order valence-corrected chi connectivity index (χ2v) is 6.93. The minimum Gasteiger partial charge on any atom is -0.285 e. The molecule has 0 aliphatic carbocycles. The van der Waals surface area contributed by atoms with E-state index in [2.05, 4.69) is 25.1 Å². The summed E-state index contributed by atoms with van der Waals surface area (Å²) in [6, 6.07) is 6.89. The Bertz CT molecular complexity index is 1190. The molecule has 0 aliphatic heterocycles. The van der Waals surface area contributed by atoms with E-state index in [9.17, 15) is 8.42 Å². The first kappa shape index (κ1) is 23.7. The van der Waals surface area contributed by atoms with Crippen LogP contribution in [-0.4, -0.2) is 33.6 Å². The standard InChI is InChI=1S/C16H12N6O2S.3ClH/c17-25(23,24)12-5-10(6-18-9-12)14-1-2-15-16(22-14)13(3-4-19-15)11-7-20-21-8-11;;;/h1-9H,(H,20,21)(H2,17,23,24);3*1H. The minimum atomic E-state index is -3.83. The van der Waals surface area contributed by atoms with Crippen molar-refractivity contribution < 1.29 is 8.42 Å². The highest BCUT2D eigenvalue weighted by molar-refractivity contribution is 7.89. The molecule has 0 atom stereocenters. The summed E-state index contributed by atoms with van der Waals surface area (Å²) in [6.07, 6.45) is 7.92. The summed E-state index contributed by atoms with van der Waals surface area (Å²) in [4.78, 5) is 12.9. The van der Waals surface area contributed by atoms with Gasteiger partial charge in [-0.25, -0.2) is 18.5 Å².